The number of rotatable bonds is 7. The van der Waals surface area contributed by atoms with E-state index in [9.17, 15) is 5.11 Å². The topological polar surface area (TPSA) is 46.2 Å². The second kappa shape index (κ2) is 7.83. The van der Waals surface area contributed by atoms with Crippen LogP contribution >= 0.6 is 0 Å². The maximum absolute atomic E-state index is 10.1. The average Bonchev–Trinajstić information content (AvgIpc) is 2.52. The third-order valence-corrected chi connectivity index (χ3v) is 3.67. The molecule has 0 saturated heterocycles. The quantitative estimate of drug-likeness (QED) is 0.812. The third-order valence-electron chi connectivity index (χ3n) is 3.67. The average molecular weight is 269 g/mol. The molecular weight excluding hydrogens is 246 g/mol. The van der Waals surface area contributed by atoms with Crippen LogP contribution < -0.4 is 5.73 Å². The van der Waals surface area contributed by atoms with Gasteiger partial charge >= 0.3 is 0 Å². The lowest BCUT2D eigenvalue weighted by molar-refractivity contribution is 0.131. The molecule has 2 rings (SSSR count). The summed E-state index contributed by atoms with van der Waals surface area (Å²) in [6.45, 7) is 0. The molecule has 2 atom stereocenters. The summed E-state index contributed by atoms with van der Waals surface area (Å²) in [6.07, 6.45) is 2.91. The Hall–Kier alpha value is -1.64. The number of hydrogen-bond acceptors (Lipinski definition) is 2. The third kappa shape index (κ3) is 4.80. The predicted molar refractivity (Wildman–Crippen MR) is 83.5 cm³/mol. The van der Waals surface area contributed by atoms with Gasteiger partial charge in [-0.2, -0.15) is 0 Å². The van der Waals surface area contributed by atoms with E-state index in [1.807, 2.05) is 36.4 Å². The van der Waals surface area contributed by atoms with E-state index in [-0.39, 0.29) is 6.04 Å². The van der Waals surface area contributed by atoms with Crippen LogP contribution in [0.1, 0.15) is 24.0 Å². The van der Waals surface area contributed by atoms with Gasteiger partial charge in [-0.05, 0) is 36.8 Å². The van der Waals surface area contributed by atoms with E-state index in [1.54, 1.807) is 0 Å². The molecule has 0 aliphatic heterocycles. The van der Waals surface area contributed by atoms with Gasteiger partial charge in [0.2, 0.25) is 0 Å². The normalized spacial score (nSPS) is 13.9. The standard InChI is InChI=1S/C18H23NO/c19-17(13-11-15-7-3-1-4-8-15)18(20)14-12-16-9-5-2-6-10-16/h1-10,17-18,20H,11-14,19H2. The Morgan fingerprint density at radius 1 is 0.750 bits per heavy atom. The first-order chi connectivity index (χ1) is 9.75. The van der Waals surface area contributed by atoms with E-state index >= 15 is 0 Å². The van der Waals surface area contributed by atoms with Crippen molar-refractivity contribution in [3.8, 4) is 0 Å². The number of aliphatic hydroxyl groups is 1. The fourth-order valence-electron chi connectivity index (χ4n) is 2.34. The molecule has 2 unspecified atom stereocenters. The molecular formula is C18H23NO. The molecule has 2 aromatic rings. The molecule has 0 aromatic heterocycles. The molecule has 0 amide bonds. The highest BCUT2D eigenvalue weighted by Crippen LogP contribution is 2.11. The molecule has 3 N–H and O–H groups in total. The molecule has 0 spiro atoms. The summed E-state index contributed by atoms with van der Waals surface area (Å²) < 4.78 is 0. The molecule has 0 fully saturated rings. The summed E-state index contributed by atoms with van der Waals surface area (Å²) >= 11 is 0. The minimum absolute atomic E-state index is 0.154. The van der Waals surface area contributed by atoms with Crippen molar-refractivity contribution in [3.63, 3.8) is 0 Å². The Morgan fingerprint density at radius 3 is 1.70 bits per heavy atom. The molecule has 0 bridgehead atoms. The highest BCUT2D eigenvalue weighted by molar-refractivity contribution is 5.16. The van der Waals surface area contributed by atoms with E-state index < -0.39 is 6.10 Å². The van der Waals surface area contributed by atoms with Gasteiger partial charge in [0.1, 0.15) is 0 Å². The van der Waals surface area contributed by atoms with Crippen LogP contribution in [-0.4, -0.2) is 17.3 Å². The van der Waals surface area contributed by atoms with Crippen molar-refractivity contribution in [2.24, 2.45) is 5.73 Å². The van der Waals surface area contributed by atoms with Crippen molar-refractivity contribution < 1.29 is 5.11 Å². The first kappa shape index (κ1) is 14.8. The highest BCUT2D eigenvalue weighted by atomic mass is 16.3. The van der Waals surface area contributed by atoms with Crippen LogP contribution in [0.4, 0.5) is 0 Å². The first-order valence-corrected chi connectivity index (χ1v) is 7.27. The maximum Gasteiger partial charge on any atom is 0.0694 e. The van der Waals surface area contributed by atoms with Gasteiger partial charge < -0.3 is 10.8 Å². The van der Waals surface area contributed by atoms with E-state index in [0.717, 1.165) is 25.7 Å². The largest absolute Gasteiger partial charge is 0.392 e. The summed E-state index contributed by atoms with van der Waals surface area (Å²) in [4.78, 5) is 0. The van der Waals surface area contributed by atoms with Gasteiger partial charge in [0.15, 0.2) is 0 Å². The van der Waals surface area contributed by atoms with Gasteiger partial charge in [-0.25, -0.2) is 0 Å². The van der Waals surface area contributed by atoms with Gasteiger partial charge in [-0.3, -0.25) is 0 Å². The lowest BCUT2D eigenvalue weighted by atomic mass is 9.97. The first-order valence-electron chi connectivity index (χ1n) is 7.27. The van der Waals surface area contributed by atoms with Crippen molar-refractivity contribution in [1.29, 1.82) is 0 Å². The highest BCUT2D eigenvalue weighted by Gasteiger charge is 2.14. The Balaban J connectivity index is 1.73. The van der Waals surface area contributed by atoms with E-state index in [0.29, 0.717) is 0 Å². The molecule has 106 valence electrons. The van der Waals surface area contributed by atoms with Crippen LogP contribution in [0.15, 0.2) is 60.7 Å². The van der Waals surface area contributed by atoms with E-state index in [1.165, 1.54) is 11.1 Å². The Bertz CT molecular complexity index is 436. The zero-order valence-electron chi connectivity index (χ0n) is 11.8. The van der Waals surface area contributed by atoms with Crippen LogP contribution in [0.5, 0.6) is 0 Å². The van der Waals surface area contributed by atoms with Crippen molar-refractivity contribution in [3.05, 3.63) is 71.8 Å². The molecule has 0 heterocycles. The SMILES string of the molecule is NC(CCc1ccccc1)C(O)CCc1ccccc1. The van der Waals surface area contributed by atoms with Crippen molar-refractivity contribution in [1.82, 2.24) is 0 Å². The van der Waals surface area contributed by atoms with Gasteiger partial charge in [-0.15, -0.1) is 0 Å². The Labute approximate surface area is 121 Å². The fourth-order valence-corrected chi connectivity index (χ4v) is 2.34. The number of nitrogens with two attached hydrogens (primary N) is 1. The summed E-state index contributed by atoms with van der Waals surface area (Å²) in [7, 11) is 0. The lowest BCUT2D eigenvalue weighted by Crippen LogP contribution is -2.35. The minimum Gasteiger partial charge on any atom is -0.392 e. The summed E-state index contributed by atoms with van der Waals surface area (Å²) in [5.74, 6) is 0. The summed E-state index contributed by atoms with van der Waals surface area (Å²) in [5, 5.41) is 10.1. The van der Waals surface area contributed by atoms with Gasteiger partial charge in [0.05, 0.1) is 6.10 Å². The Kier molecular flexibility index (Phi) is 5.78. The predicted octanol–water partition coefficient (Wildman–Crippen LogP) is 2.94. The molecule has 2 heteroatoms. The van der Waals surface area contributed by atoms with E-state index in [4.69, 9.17) is 5.73 Å². The van der Waals surface area contributed by atoms with Crippen LogP contribution in [0.3, 0.4) is 0 Å². The maximum atomic E-state index is 10.1. The molecule has 0 aliphatic rings. The zero-order chi connectivity index (χ0) is 14.2. The zero-order valence-corrected chi connectivity index (χ0v) is 11.8. The van der Waals surface area contributed by atoms with Crippen LogP contribution in [0, 0.1) is 0 Å². The lowest BCUT2D eigenvalue weighted by Gasteiger charge is -2.18. The number of aliphatic hydroxyl groups excluding tert-OH is 1. The number of aryl methyl sites for hydroxylation is 2. The van der Waals surface area contributed by atoms with Gasteiger partial charge in [-0.1, -0.05) is 60.7 Å². The van der Waals surface area contributed by atoms with Crippen molar-refractivity contribution in [2.75, 3.05) is 0 Å². The second-order valence-electron chi connectivity index (χ2n) is 5.28. The fraction of sp³-hybridized carbons (Fsp3) is 0.333. The van der Waals surface area contributed by atoms with Crippen LogP contribution in [0.2, 0.25) is 0 Å². The minimum atomic E-state index is -0.432. The number of benzene rings is 2. The Morgan fingerprint density at radius 2 is 1.20 bits per heavy atom. The monoisotopic (exact) mass is 269 g/mol. The molecule has 0 saturated carbocycles. The molecule has 0 aliphatic carbocycles. The molecule has 2 aromatic carbocycles. The molecule has 0 radical (unpaired) electrons. The molecule has 2 nitrogen and oxygen atoms in total. The van der Waals surface area contributed by atoms with E-state index in [2.05, 4.69) is 24.3 Å². The van der Waals surface area contributed by atoms with Crippen LogP contribution in [0.25, 0.3) is 0 Å². The summed E-state index contributed by atoms with van der Waals surface area (Å²) in [5.41, 5.74) is 8.61. The van der Waals surface area contributed by atoms with Gasteiger partial charge in [0, 0.05) is 6.04 Å². The summed E-state index contributed by atoms with van der Waals surface area (Å²) in [6, 6.07) is 20.4. The smallest absolute Gasteiger partial charge is 0.0694 e. The second-order valence-corrected chi connectivity index (χ2v) is 5.28. The number of hydrogen-bond donors (Lipinski definition) is 2. The van der Waals surface area contributed by atoms with Gasteiger partial charge in [0.25, 0.3) is 0 Å². The molecule has 20 heavy (non-hydrogen) atoms. The van der Waals surface area contributed by atoms with Crippen molar-refractivity contribution in [2.45, 2.75) is 37.8 Å². The van der Waals surface area contributed by atoms with Crippen molar-refractivity contribution >= 4 is 0 Å². The van der Waals surface area contributed by atoms with Crippen LogP contribution in [-0.2, 0) is 12.8 Å².